The summed E-state index contributed by atoms with van der Waals surface area (Å²) in [7, 11) is 1.84. The summed E-state index contributed by atoms with van der Waals surface area (Å²) >= 11 is 0. The SMILES string of the molecule is CC[C@@H](Nc1c(C#N)cnc2c(C#N)cc(NC(C3=CN(C)NN3)c3ccc(F)nc3)cc12)c1ccccc1. The predicted molar refractivity (Wildman–Crippen MR) is 147 cm³/mol. The summed E-state index contributed by atoms with van der Waals surface area (Å²) in [5.74, 6) is -0.576. The first-order valence-corrected chi connectivity index (χ1v) is 12.4. The number of benzene rings is 2. The average molecular weight is 520 g/mol. The van der Waals surface area contributed by atoms with E-state index < -0.39 is 12.0 Å². The molecule has 4 N–H and O–H groups in total. The summed E-state index contributed by atoms with van der Waals surface area (Å²) in [6.07, 6.45) is 5.61. The molecule has 0 fully saturated rings. The molecule has 4 aromatic rings. The topological polar surface area (TPSA) is 125 Å². The van der Waals surface area contributed by atoms with E-state index in [1.165, 1.54) is 18.5 Å². The first-order valence-electron chi connectivity index (χ1n) is 12.4. The molecule has 1 aliphatic rings. The van der Waals surface area contributed by atoms with Crippen molar-refractivity contribution in [3.05, 3.63) is 107 Å². The number of pyridine rings is 2. The maximum absolute atomic E-state index is 13.6. The van der Waals surface area contributed by atoms with Crippen LogP contribution in [0.3, 0.4) is 0 Å². The molecule has 9 nitrogen and oxygen atoms in total. The van der Waals surface area contributed by atoms with Crippen molar-refractivity contribution in [1.29, 1.82) is 10.5 Å². The second-order valence-corrected chi connectivity index (χ2v) is 9.13. The molecule has 3 heterocycles. The van der Waals surface area contributed by atoms with E-state index in [1.54, 1.807) is 17.1 Å². The number of hydrogen-bond acceptors (Lipinski definition) is 9. The van der Waals surface area contributed by atoms with Gasteiger partial charge in [0.2, 0.25) is 5.95 Å². The van der Waals surface area contributed by atoms with E-state index in [2.05, 4.69) is 50.6 Å². The number of hydrogen-bond donors (Lipinski definition) is 4. The number of halogens is 1. The van der Waals surface area contributed by atoms with E-state index in [0.717, 1.165) is 17.7 Å². The largest absolute Gasteiger partial charge is 0.377 e. The van der Waals surface area contributed by atoms with Gasteiger partial charge in [-0.15, -0.1) is 5.53 Å². The summed E-state index contributed by atoms with van der Waals surface area (Å²) in [6.45, 7) is 2.07. The van der Waals surface area contributed by atoms with Crippen molar-refractivity contribution in [1.82, 2.24) is 25.9 Å². The highest BCUT2D eigenvalue weighted by Crippen LogP contribution is 2.35. The number of hydrazine groups is 2. The molecular formula is C29H26FN9. The zero-order valence-electron chi connectivity index (χ0n) is 21.4. The van der Waals surface area contributed by atoms with Crippen LogP contribution in [-0.2, 0) is 0 Å². The number of anilines is 2. The lowest BCUT2D eigenvalue weighted by atomic mass is 10.0. The molecule has 0 bridgehead atoms. The van der Waals surface area contributed by atoms with Gasteiger partial charge in [0, 0.05) is 36.7 Å². The van der Waals surface area contributed by atoms with Crippen LogP contribution in [0.4, 0.5) is 15.8 Å². The van der Waals surface area contributed by atoms with Gasteiger partial charge < -0.3 is 16.1 Å². The van der Waals surface area contributed by atoms with Crippen LogP contribution in [0.1, 0.15) is 47.7 Å². The van der Waals surface area contributed by atoms with Crippen LogP contribution in [-0.4, -0.2) is 22.0 Å². The Bertz CT molecular complexity index is 1600. The minimum Gasteiger partial charge on any atom is -0.377 e. The molecule has 2 aromatic carbocycles. The molecule has 2 atom stereocenters. The maximum atomic E-state index is 13.6. The molecule has 2 aromatic heterocycles. The maximum Gasteiger partial charge on any atom is 0.212 e. The van der Waals surface area contributed by atoms with Crippen molar-refractivity contribution in [2.24, 2.45) is 0 Å². The van der Waals surface area contributed by atoms with Crippen molar-refractivity contribution in [3.8, 4) is 12.1 Å². The lowest BCUT2D eigenvalue weighted by molar-refractivity contribution is 0.326. The van der Waals surface area contributed by atoms with Gasteiger partial charge in [0.05, 0.1) is 40.1 Å². The fourth-order valence-electron chi connectivity index (χ4n) is 4.63. The van der Waals surface area contributed by atoms with E-state index >= 15 is 0 Å². The van der Waals surface area contributed by atoms with Crippen molar-refractivity contribution >= 4 is 22.3 Å². The Labute approximate surface area is 225 Å². The lowest BCUT2D eigenvalue weighted by Gasteiger charge is -2.23. The molecule has 39 heavy (non-hydrogen) atoms. The molecule has 0 saturated heterocycles. The third kappa shape index (κ3) is 5.28. The van der Waals surface area contributed by atoms with Crippen LogP contribution < -0.4 is 21.6 Å². The van der Waals surface area contributed by atoms with Gasteiger partial charge in [-0.05, 0) is 35.7 Å². The minimum atomic E-state index is -0.576. The van der Waals surface area contributed by atoms with Crippen LogP contribution in [0.25, 0.3) is 10.9 Å². The fourth-order valence-corrected chi connectivity index (χ4v) is 4.63. The van der Waals surface area contributed by atoms with Crippen molar-refractivity contribution in [3.63, 3.8) is 0 Å². The average Bonchev–Trinajstić information content (AvgIpc) is 3.40. The van der Waals surface area contributed by atoms with Gasteiger partial charge in [-0.3, -0.25) is 9.99 Å². The molecule has 0 saturated carbocycles. The van der Waals surface area contributed by atoms with Gasteiger partial charge in [-0.25, -0.2) is 4.98 Å². The molecule has 0 radical (unpaired) electrons. The number of rotatable bonds is 8. The third-order valence-corrected chi connectivity index (χ3v) is 6.56. The van der Waals surface area contributed by atoms with Gasteiger partial charge in [-0.1, -0.05) is 43.3 Å². The van der Waals surface area contributed by atoms with E-state index in [9.17, 15) is 14.9 Å². The standard InChI is InChI=1S/C29H26FN9/c1-3-24(18-7-5-4-6-8-18)36-28-21(14-32)16-34-27-20(13-31)11-22(12-23(27)28)35-29(25-17-39(2)38-37-25)19-9-10-26(30)33-15-19/h4-12,15-17,24,29,35,37-38H,3H2,1-2H3,(H,34,36)/t24-,29?/m1/s1. The minimum absolute atomic E-state index is 0.0569. The highest BCUT2D eigenvalue weighted by atomic mass is 19.1. The van der Waals surface area contributed by atoms with Gasteiger partial charge in [0.25, 0.3) is 0 Å². The van der Waals surface area contributed by atoms with Crippen LogP contribution in [0.15, 0.2) is 78.9 Å². The second-order valence-electron chi connectivity index (χ2n) is 9.13. The highest BCUT2D eigenvalue weighted by Gasteiger charge is 2.23. The zero-order chi connectivity index (χ0) is 27.4. The van der Waals surface area contributed by atoms with Gasteiger partial charge in [-0.2, -0.15) is 14.9 Å². The zero-order valence-corrected chi connectivity index (χ0v) is 21.4. The summed E-state index contributed by atoms with van der Waals surface area (Å²) < 4.78 is 13.6. The number of nitrogens with one attached hydrogen (secondary N) is 4. The first-order chi connectivity index (χ1) is 19.0. The Balaban J connectivity index is 1.62. The van der Waals surface area contributed by atoms with Crippen LogP contribution in [0, 0.1) is 28.6 Å². The monoisotopic (exact) mass is 519 g/mol. The molecule has 194 valence electrons. The van der Waals surface area contributed by atoms with Crippen LogP contribution >= 0.6 is 0 Å². The molecule has 0 aliphatic carbocycles. The van der Waals surface area contributed by atoms with Gasteiger partial charge in [0.15, 0.2) is 0 Å². The fraction of sp³-hybridized carbons (Fsp3) is 0.172. The summed E-state index contributed by atoms with van der Waals surface area (Å²) in [4.78, 5) is 8.28. The predicted octanol–water partition coefficient (Wildman–Crippen LogP) is 5.02. The molecule has 0 spiro atoms. The summed E-state index contributed by atoms with van der Waals surface area (Å²) in [5.41, 5.74) is 11.1. The third-order valence-electron chi connectivity index (χ3n) is 6.56. The normalized spacial score (nSPS) is 14.1. The Morgan fingerprint density at radius 3 is 2.41 bits per heavy atom. The van der Waals surface area contributed by atoms with Crippen molar-refractivity contribution in [2.45, 2.75) is 25.4 Å². The molecule has 1 unspecified atom stereocenters. The Kier molecular flexibility index (Phi) is 7.21. The smallest absolute Gasteiger partial charge is 0.212 e. The first kappa shape index (κ1) is 25.5. The number of aromatic nitrogens is 2. The molecule has 0 amide bonds. The van der Waals surface area contributed by atoms with Crippen LogP contribution in [0.2, 0.25) is 0 Å². The number of nitrogens with zero attached hydrogens (tertiary/aromatic N) is 5. The molecule has 10 heteroatoms. The molecular weight excluding hydrogens is 493 g/mol. The van der Waals surface area contributed by atoms with E-state index in [1.807, 2.05) is 49.6 Å². The van der Waals surface area contributed by atoms with Gasteiger partial charge >= 0.3 is 0 Å². The lowest BCUT2D eigenvalue weighted by Crippen LogP contribution is -2.35. The van der Waals surface area contributed by atoms with E-state index in [0.29, 0.717) is 39.0 Å². The van der Waals surface area contributed by atoms with Gasteiger partial charge in [0.1, 0.15) is 12.1 Å². The van der Waals surface area contributed by atoms with Crippen LogP contribution in [0.5, 0.6) is 0 Å². The van der Waals surface area contributed by atoms with Crippen molar-refractivity contribution < 1.29 is 4.39 Å². The number of nitriles is 2. The summed E-state index contributed by atoms with van der Waals surface area (Å²) in [5, 5.41) is 29.4. The molecule has 1 aliphatic heterocycles. The summed E-state index contributed by atoms with van der Waals surface area (Å²) in [6, 6.07) is 20.5. The van der Waals surface area contributed by atoms with E-state index in [4.69, 9.17) is 0 Å². The Morgan fingerprint density at radius 1 is 0.974 bits per heavy atom. The highest BCUT2D eigenvalue weighted by molar-refractivity contribution is 5.99. The van der Waals surface area contributed by atoms with E-state index in [-0.39, 0.29) is 6.04 Å². The quantitative estimate of drug-likeness (QED) is 0.237. The Morgan fingerprint density at radius 2 is 1.77 bits per heavy atom. The Hall–Kier alpha value is -5.19. The molecule has 5 rings (SSSR count). The van der Waals surface area contributed by atoms with Crippen molar-refractivity contribution in [2.75, 3.05) is 17.7 Å². The second kappa shape index (κ2) is 11.1. The number of fused-ring (bicyclic) bond motifs is 1.